The van der Waals surface area contributed by atoms with Crippen LogP contribution in [0.1, 0.15) is 39.5 Å². The van der Waals surface area contributed by atoms with Gasteiger partial charge in [-0.05, 0) is 0 Å². The first-order valence-corrected chi connectivity index (χ1v) is 8.90. The maximum atomic E-state index is 11.8. The van der Waals surface area contributed by atoms with Crippen LogP contribution in [0.5, 0.6) is 0 Å². The Morgan fingerprint density at radius 3 is 2.17 bits per heavy atom. The first kappa shape index (κ1) is 17.6. The molecule has 1 saturated heterocycles. The monoisotopic (exact) mass is 350 g/mol. The molecule has 11 heteroatoms. The molecule has 2 N–H and O–H groups in total. The van der Waals surface area contributed by atoms with Gasteiger partial charge in [0.25, 0.3) is 0 Å². The van der Waals surface area contributed by atoms with Crippen LogP contribution in [-0.4, -0.2) is 36.0 Å². The van der Waals surface area contributed by atoms with E-state index in [0.29, 0.717) is 12.8 Å². The summed E-state index contributed by atoms with van der Waals surface area (Å²) >= 11 is 0. The molecule has 0 aromatic heterocycles. The molecular weight excluding hydrogens is 331 g/mol. The van der Waals surface area contributed by atoms with Crippen LogP contribution in [0.15, 0.2) is 0 Å². The summed E-state index contributed by atoms with van der Waals surface area (Å²) in [5, 5.41) is 2.84. The average Bonchev–Trinajstić information content (AvgIpc) is 2.47. The summed E-state index contributed by atoms with van der Waals surface area (Å²) in [6, 6.07) is -0.701. The predicted octanol–water partition coefficient (Wildman–Crippen LogP) is 0.0279. The van der Waals surface area contributed by atoms with Gasteiger partial charge in [-0.15, -0.1) is 0 Å². The van der Waals surface area contributed by atoms with Gasteiger partial charge in [0.05, 0.1) is 0 Å². The van der Waals surface area contributed by atoms with Crippen LogP contribution in [-0.2, 0) is 37.6 Å². The van der Waals surface area contributed by atoms with E-state index in [1.807, 2.05) is 0 Å². The van der Waals surface area contributed by atoms with Gasteiger partial charge in [0.15, 0.2) is 0 Å². The van der Waals surface area contributed by atoms with E-state index in [2.05, 4.69) is 15.4 Å². The van der Waals surface area contributed by atoms with Gasteiger partial charge < -0.3 is 0 Å². The van der Waals surface area contributed by atoms with Crippen molar-refractivity contribution in [1.82, 2.24) is 10.6 Å². The van der Waals surface area contributed by atoms with Crippen molar-refractivity contribution in [3.8, 4) is 0 Å². The molecule has 10 nitrogen and oxygen atoms in total. The van der Waals surface area contributed by atoms with E-state index < -0.39 is 32.0 Å². The Labute approximate surface area is 132 Å². The minimum absolute atomic E-state index is 0.333. The molecule has 2 aliphatic rings. The van der Waals surface area contributed by atoms with Crippen molar-refractivity contribution < 1.29 is 37.6 Å². The zero-order valence-corrected chi connectivity index (χ0v) is 13.7. The zero-order chi connectivity index (χ0) is 17.0. The Hall–Kier alpha value is -1.77. The molecular formula is C12H19N2O8P. The molecule has 1 aliphatic carbocycles. The van der Waals surface area contributed by atoms with Crippen molar-refractivity contribution >= 4 is 32.0 Å². The predicted molar refractivity (Wildman–Crippen MR) is 76.3 cm³/mol. The van der Waals surface area contributed by atoms with Gasteiger partial charge in [-0.1, -0.05) is 0 Å². The fraction of sp³-hybridized carbons (Fsp3) is 0.667. The van der Waals surface area contributed by atoms with Crippen LogP contribution in [0.2, 0.25) is 0 Å². The van der Waals surface area contributed by atoms with Gasteiger partial charge in [-0.2, -0.15) is 0 Å². The Kier molecular flexibility index (Phi) is 5.51. The van der Waals surface area contributed by atoms with Crippen LogP contribution in [0.25, 0.3) is 0 Å². The third-order valence-electron chi connectivity index (χ3n) is 3.38. The molecule has 1 unspecified atom stereocenters. The van der Waals surface area contributed by atoms with E-state index in [1.54, 1.807) is 0 Å². The average molecular weight is 350 g/mol. The molecule has 1 aliphatic heterocycles. The second-order valence-corrected chi connectivity index (χ2v) is 7.30. The minimum atomic E-state index is -4.28. The van der Waals surface area contributed by atoms with E-state index >= 15 is 0 Å². The van der Waals surface area contributed by atoms with Crippen molar-refractivity contribution in [2.45, 2.75) is 51.6 Å². The molecule has 2 fully saturated rings. The fourth-order valence-corrected chi connectivity index (χ4v) is 4.72. The number of carbonyl (C=O) groups is 4. The van der Waals surface area contributed by atoms with Crippen molar-refractivity contribution in [1.29, 1.82) is 0 Å². The second-order valence-electron chi connectivity index (χ2n) is 5.28. The van der Waals surface area contributed by atoms with Crippen molar-refractivity contribution in [3.63, 3.8) is 0 Å². The van der Waals surface area contributed by atoms with Crippen LogP contribution in [0.4, 0.5) is 0 Å². The number of hydrogen-bond donors (Lipinski definition) is 2. The van der Waals surface area contributed by atoms with Crippen molar-refractivity contribution in [3.05, 3.63) is 0 Å². The van der Waals surface area contributed by atoms with Crippen molar-refractivity contribution in [2.75, 3.05) is 0 Å². The molecule has 1 saturated carbocycles. The molecule has 0 aromatic rings. The molecule has 2 rings (SSSR count). The first-order valence-electron chi connectivity index (χ1n) is 7.18. The molecule has 23 heavy (non-hydrogen) atoms. The molecule has 0 bridgehead atoms. The molecule has 130 valence electrons. The fourth-order valence-electron chi connectivity index (χ4n) is 2.54. The number of fused-ring (bicyclic) bond motifs is 1. The Bertz CT molecular complexity index is 509. The topological polar surface area (TPSA) is 129 Å². The summed E-state index contributed by atoms with van der Waals surface area (Å²) in [6.07, 6.45) is 3.04. The van der Waals surface area contributed by atoms with Crippen LogP contribution in [0, 0.1) is 0 Å². The number of rotatable bonds is 2. The number of carbonyl (C=O) groups excluding carboxylic acids is 4. The Balaban J connectivity index is 2.36. The van der Waals surface area contributed by atoms with Gasteiger partial charge in [0, 0.05) is 0 Å². The van der Waals surface area contributed by atoms with Gasteiger partial charge >= 0.3 is 132 Å². The maximum absolute atomic E-state index is 11.8. The molecule has 0 aromatic carbocycles. The van der Waals surface area contributed by atoms with E-state index in [0.717, 1.165) is 26.7 Å². The molecule has 1 heterocycles. The van der Waals surface area contributed by atoms with E-state index in [-0.39, 0.29) is 12.1 Å². The summed E-state index contributed by atoms with van der Waals surface area (Å²) < 4.78 is 15.0. The zero-order valence-electron chi connectivity index (χ0n) is 12.7. The van der Waals surface area contributed by atoms with Gasteiger partial charge in [-0.3, -0.25) is 0 Å². The third kappa shape index (κ3) is 4.60. The van der Waals surface area contributed by atoms with Crippen LogP contribution in [0.3, 0.4) is 0 Å². The Morgan fingerprint density at radius 2 is 1.61 bits per heavy atom. The molecule has 0 amide bonds. The van der Waals surface area contributed by atoms with Crippen LogP contribution >= 0.6 is 8.09 Å². The van der Waals surface area contributed by atoms with Gasteiger partial charge in [0.1, 0.15) is 0 Å². The summed E-state index contributed by atoms with van der Waals surface area (Å²) in [5.74, 6) is -4.36. The molecule has 0 radical (unpaired) electrons. The van der Waals surface area contributed by atoms with Crippen LogP contribution < -0.4 is 10.6 Å². The van der Waals surface area contributed by atoms with Gasteiger partial charge in [0.2, 0.25) is 0 Å². The summed E-state index contributed by atoms with van der Waals surface area (Å²) in [7, 11) is -4.28. The Morgan fingerprint density at radius 1 is 1.04 bits per heavy atom. The summed E-state index contributed by atoms with van der Waals surface area (Å²) in [4.78, 5) is 50.9. The quantitative estimate of drug-likeness (QED) is 0.519. The number of hydroxylamine groups is 1. The number of hydrogen-bond acceptors (Lipinski definition) is 10. The molecule has 0 spiro atoms. The second kappa shape index (κ2) is 7.20. The van der Waals surface area contributed by atoms with Gasteiger partial charge in [-0.25, -0.2) is 0 Å². The van der Waals surface area contributed by atoms with E-state index in [9.17, 15) is 19.2 Å². The number of nitrogens with one attached hydrogen (secondary N) is 2. The summed E-state index contributed by atoms with van der Waals surface area (Å²) in [5.41, 5.74) is 2.52. The molecule has 2 atom stereocenters. The first-order chi connectivity index (χ1) is 10.8. The summed E-state index contributed by atoms with van der Waals surface area (Å²) in [6.45, 7) is 2.16. The van der Waals surface area contributed by atoms with E-state index in [1.165, 1.54) is 0 Å². The normalized spacial score (nSPS) is 28.6. The van der Waals surface area contributed by atoms with E-state index in [4.69, 9.17) is 13.6 Å². The standard InChI is InChI=1S/C12H19N2O8P/c1-7(15)20-23(21-8(2)16)14-10-6-4-3-5-9(10)13-19-11(17)12(18)22-23/h9-10,13-14,23H,3-6H2,1-2H3/t9?,10-/m0/s1. The SMILES string of the molecule is CC(=O)O[PH]1(OC(C)=O)N[C@H]2CCCCC2NOC(=O)C(=O)O1. The van der Waals surface area contributed by atoms with Crippen molar-refractivity contribution in [2.24, 2.45) is 0 Å². The third-order valence-corrected chi connectivity index (χ3v) is 5.67.